The third kappa shape index (κ3) is 29.2. The van der Waals surface area contributed by atoms with Crippen LogP contribution in [0.4, 0.5) is 5.95 Å². The van der Waals surface area contributed by atoms with E-state index in [1.54, 1.807) is 12.7 Å². The van der Waals surface area contributed by atoms with E-state index in [9.17, 15) is 9.59 Å². The zero-order valence-electron chi connectivity index (χ0n) is 59.3. The molecule has 0 aliphatic carbocycles. The highest BCUT2D eigenvalue weighted by atomic mass is 16.7. The van der Waals surface area contributed by atoms with Gasteiger partial charge in [0.05, 0.1) is 19.4 Å². The molecule has 0 bridgehead atoms. The number of anilines is 1. The van der Waals surface area contributed by atoms with Crippen molar-refractivity contribution in [1.82, 2.24) is 34.9 Å². The molecule has 86 heavy (non-hydrogen) atoms. The zero-order valence-corrected chi connectivity index (χ0v) is 59.3. The summed E-state index contributed by atoms with van der Waals surface area (Å²) in [5.74, 6) is 0.539. The first kappa shape index (κ1) is 77.8. The first-order valence-corrected chi connectivity index (χ1v) is 35.9. The molecule has 3 fully saturated rings. The molecule has 4 rings (SSSR count). The second-order valence-corrected chi connectivity index (χ2v) is 30.4. The van der Waals surface area contributed by atoms with Gasteiger partial charge in [0.2, 0.25) is 5.95 Å². The van der Waals surface area contributed by atoms with Gasteiger partial charge < -0.3 is 14.8 Å². The summed E-state index contributed by atoms with van der Waals surface area (Å²) in [7, 11) is 2.30. The Morgan fingerprint density at radius 2 is 0.814 bits per heavy atom. The average molecular weight is 1210 g/mol. The Hall–Kier alpha value is -2.49. The molecule has 3 aliphatic heterocycles. The first-order valence-electron chi connectivity index (χ1n) is 35.9. The number of carbonyl (C=O) groups is 2. The molecule has 0 radical (unpaired) electrons. The van der Waals surface area contributed by atoms with Gasteiger partial charge in [0.1, 0.15) is 24.9 Å². The molecule has 1 unspecified atom stereocenters. The van der Waals surface area contributed by atoms with Gasteiger partial charge in [-0.15, -0.1) is 0 Å². The summed E-state index contributed by atoms with van der Waals surface area (Å²) in [6.45, 7) is 39.0. The van der Waals surface area contributed by atoms with Crippen LogP contribution in [0.2, 0.25) is 0 Å². The van der Waals surface area contributed by atoms with Crippen molar-refractivity contribution in [3.8, 4) is 0 Å². The molecule has 0 aromatic carbocycles. The maximum atomic E-state index is 12.8. The Kier molecular flexibility index (Phi) is 36.5. The zero-order chi connectivity index (χ0) is 63.7. The number of carbonyl (C=O) groups excluding carboxylic acids is 2. The number of likely N-dealkylation sites (tertiary alicyclic amines) is 1. The second kappa shape index (κ2) is 40.4. The smallest absolute Gasteiger partial charge is 0.306 e. The topological polar surface area (TPSA) is 135 Å². The summed E-state index contributed by atoms with van der Waals surface area (Å²) in [5.41, 5.74) is -0.455. The monoisotopic (exact) mass is 1210 g/mol. The lowest BCUT2D eigenvalue weighted by molar-refractivity contribution is -0.293. The molecule has 1 atom stereocenters. The Balaban J connectivity index is 0.000000491. The fraction of sp³-hybridized carbons (Fsp3) is 0.931. The number of rotatable bonds is 43. The Bertz CT molecular complexity index is 1800. The van der Waals surface area contributed by atoms with Crippen LogP contribution in [0.25, 0.3) is 0 Å². The van der Waals surface area contributed by atoms with Crippen molar-refractivity contribution in [2.45, 2.75) is 406 Å². The minimum atomic E-state index is -0.201. The number of hydrogen-bond acceptors (Lipinski definition) is 14. The maximum absolute atomic E-state index is 12.8. The highest BCUT2D eigenvalue weighted by molar-refractivity contribution is 5.70. The summed E-state index contributed by atoms with van der Waals surface area (Å²) in [6.07, 6.45) is 44.9. The molecule has 4 heterocycles. The van der Waals surface area contributed by atoms with Crippen LogP contribution in [0.3, 0.4) is 0 Å². The minimum absolute atomic E-state index is 0.0812. The molecule has 0 spiro atoms. The van der Waals surface area contributed by atoms with Gasteiger partial charge in [0.25, 0.3) is 0 Å². The maximum Gasteiger partial charge on any atom is 0.306 e. The molecule has 3 saturated heterocycles. The van der Waals surface area contributed by atoms with Crippen molar-refractivity contribution in [3.05, 3.63) is 12.7 Å². The standard InChI is InChI=1S/C44H84N2O6.C28H54N6/c1-11-13-15-17-23-27-31-49-45-41(3,4)33-37(34-42(45,5)6)51-39(47)29-25-21-19-20-22-26-30-40(48)52-38-35-43(7,8)46(44(9,10)36-38)50-32-28-24-18-16-14-12-2;1-8-10-12-13-14-15-16-17-18-25(32-26-30-22-29-23-31-26)34(19-11-9-2)24-20-27(3,4)33(7)28(5,6)21-24/h37-38H,11-36H2,1-10H3;22-25H,8-21H2,1-7H3,(H,29,30,31,32). The molecule has 14 nitrogen and oxygen atoms in total. The second-order valence-electron chi connectivity index (χ2n) is 30.4. The van der Waals surface area contributed by atoms with E-state index in [4.69, 9.17) is 19.1 Å². The van der Waals surface area contributed by atoms with Crippen LogP contribution in [0, 0.1) is 0 Å². The van der Waals surface area contributed by atoms with Crippen molar-refractivity contribution in [1.29, 1.82) is 0 Å². The van der Waals surface area contributed by atoms with Gasteiger partial charge in [0, 0.05) is 84.3 Å². The Morgan fingerprint density at radius 3 is 1.19 bits per heavy atom. The summed E-state index contributed by atoms with van der Waals surface area (Å²) < 4.78 is 12.0. The van der Waals surface area contributed by atoms with Crippen LogP contribution in [-0.4, -0.2) is 131 Å². The number of hydrogen-bond donors (Lipinski definition) is 1. The number of unbranched alkanes of at least 4 members (excludes halogenated alkanes) is 23. The van der Waals surface area contributed by atoms with Gasteiger partial charge in [-0.25, -0.2) is 15.0 Å². The lowest BCUT2D eigenvalue weighted by atomic mass is 9.76. The largest absolute Gasteiger partial charge is 0.462 e. The van der Waals surface area contributed by atoms with Crippen molar-refractivity contribution in [2.24, 2.45) is 0 Å². The summed E-state index contributed by atoms with van der Waals surface area (Å²) >= 11 is 0. The summed E-state index contributed by atoms with van der Waals surface area (Å²) in [4.78, 5) is 56.4. The van der Waals surface area contributed by atoms with Gasteiger partial charge >= 0.3 is 11.9 Å². The van der Waals surface area contributed by atoms with E-state index in [2.05, 4.69) is 158 Å². The molecule has 14 heteroatoms. The minimum Gasteiger partial charge on any atom is -0.462 e. The van der Waals surface area contributed by atoms with Crippen molar-refractivity contribution >= 4 is 17.9 Å². The van der Waals surface area contributed by atoms with Gasteiger partial charge in [-0.2, -0.15) is 10.1 Å². The number of ether oxygens (including phenoxy) is 2. The SMILES string of the molecule is CCCCCCCCCCC(Nc1ncncn1)N(CCCC)C1CC(C)(C)N(C)C(C)(C)C1.CCCCCCCCON1C(C)(C)CC(OC(=O)CCCCCCCCC(=O)OC2CC(C)(C)N(OCCCCCCCC)C(C)(C)C2)CC1(C)C. The van der Waals surface area contributed by atoms with Crippen molar-refractivity contribution < 1.29 is 28.7 Å². The number of piperidine rings is 3. The highest BCUT2D eigenvalue weighted by Gasteiger charge is 2.50. The van der Waals surface area contributed by atoms with E-state index < -0.39 is 0 Å². The van der Waals surface area contributed by atoms with Crippen LogP contribution in [0.1, 0.15) is 348 Å². The van der Waals surface area contributed by atoms with Gasteiger partial charge in [-0.3, -0.25) is 29.1 Å². The number of aromatic nitrogens is 3. The Labute approximate surface area is 530 Å². The van der Waals surface area contributed by atoms with E-state index in [1.807, 2.05) is 0 Å². The van der Waals surface area contributed by atoms with Crippen molar-refractivity contribution in [2.75, 3.05) is 32.1 Å². The third-order valence-electron chi connectivity index (χ3n) is 19.2. The third-order valence-corrected chi connectivity index (χ3v) is 19.2. The van der Waals surface area contributed by atoms with Crippen LogP contribution in [0.15, 0.2) is 12.7 Å². The van der Waals surface area contributed by atoms with E-state index in [-0.39, 0.29) is 63.5 Å². The molecule has 1 N–H and O–H groups in total. The number of nitrogens with zero attached hydrogens (tertiary/aromatic N) is 7. The predicted octanol–water partition coefficient (Wildman–Crippen LogP) is 18.7. The fourth-order valence-electron chi connectivity index (χ4n) is 14.8. The highest BCUT2D eigenvalue weighted by Crippen LogP contribution is 2.43. The molecule has 502 valence electrons. The number of nitrogens with one attached hydrogen (secondary N) is 1. The van der Waals surface area contributed by atoms with Gasteiger partial charge in [-0.05, 0) is 141 Å². The van der Waals surface area contributed by atoms with Crippen LogP contribution in [-0.2, 0) is 28.7 Å². The number of hydroxylamine groups is 4. The average Bonchev–Trinajstić information content (AvgIpc) is 0.878. The molecular formula is C72H138N8O6. The van der Waals surface area contributed by atoms with E-state index in [0.29, 0.717) is 24.8 Å². The molecular weight excluding hydrogens is 1070 g/mol. The van der Waals surface area contributed by atoms with E-state index in [0.717, 1.165) is 103 Å². The van der Waals surface area contributed by atoms with Crippen LogP contribution < -0.4 is 5.32 Å². The first-order chi connectivity index (χ1) is 40.7. The van der Waals surface area contributed by atoms with E-state index >= 15 is 0 Å². The lowest BCUT2D eigenvalue weighted by Crippen LogP contribution is -2.64. The lowest BCUT2D eigenvalue weighted by Gasteiger charge is -2.56. The van der Waals surface area contributed by atoms with Gasteiger partial charge in [-0.1, -0.05) is 175 Å². The summed E-state index contributed by atoms with van der Waals surface area (Å²) in [6, 6.07) is 0.543. The molecule has 0 saturated carbocycles. The van der Waals surface area contributed by atoms with Gasteiger partial charge in [0.15, 0.2) is 0 Å². The van der Waals surface area contributed by atoms with E-state index in [1.165, 1.54) is 141 Å². The van der Waals surface area contributed by atoms with Crippen LogP contribution >= 0.6 is 0 Å². The van der Waals surface area contributed by atoms with Crippen molar-refractivity contribution in [3.63, 3.8) is 0 Å². The summed E-state index contributed by atoms with van der Waals surface area (Å²) in [5, 5.41) is 8.07. The Morgan fingerprint density at radius 1 is 0.477 bits per heavy atom. The van der Waals surface area contributed by atoms with Crippen LogP contribution in [0.5, 0.6) is 0 Å². The fourth-order valence-corrected chi connectivity index (χ4v) is 14.8. The number of esters is 2. The molecule has 0 amide bonds. The quantitative estimate of drug-likeness (QED) is 0.0377. The molecule has 3 aliphatic rings. The normalized spacial score (nSPS) is 20.1. The molecule has 1 aromatic heterocycles. The predicted molar refractivity (Wildman–Crippen MR) is 359 cm³/mol. The molecule has 1 aromatic rings.